The van der Waals surface area contributed by atoms with Crippen molar-refractivity contribution in [1.29, 1.82) is 0 Å². The van der Waals surface area contributed by atoms with Crippen LogP contribution in [0.3, 0.4) is 0 Å². The van der Waals surface area contributed by atoms with Crippen LogP contribution in [0.1, 0.15) is 6.92 Å². The van der Waals surface area contributed by atoms with Crippen molar-refractivity contribution in [2.24, 2.45) is 0 Å². The molecule has 0 aliphatic heterocycles. The van der Waals surface area contributed by atoms with Gasteiger partial charge in [-0.05, 0) is 19.1 Å². The molecular formula is C18H15F3N4OS. The molecule has 0 saturated carbocycles. The normalized spacial score (nSPS) is 12.0. The molecule has 1 amide bonds. The number of thioether (sulfide) groups is 1. The van der Waals surface area contributed by atoms with E-state index in [9.17, 15) is 18.0 Å². The molecule has 9 heteroatoms. The third-order valence-electron chi connectivity index (χ3n) is 3.71. The van der Waals surface area contributed by atoms with E-state index >= 15 is 0 Å². The fraction of sp³-hybridized carbons (Fsp3) is 0.111. The van der Waals surface area contributed by atoms with E-state index in [0.29, 0.717) is 10.9 Å². The molecule has 1 unspecified atom stereocenters. The van der Waals surface area contributed by atoms with Gasteiger partial charge in [0, 0.05) is 5.56 Å². The number of aromatic nitrogens is 2. The zero-order chi connectivity index (χ0) is 19.6. The second kappa shape index (κ2) is 7.75. The first-order valence-electron chi connectivity index (χ1n) is 7.87. The second-order valence-corrected chi connectivity index (χ2v) is 6.96. The van der Waals surface area contributed by atoms with Crippen LogP contribution in [0, 0.1) is 17.5 Å². The van der Waals surface area contributed by atoms with Gasteiger partial charge in [0.25, 0.3) is 0 Å². The lowest BCUT2D eigenvalue weighted by atomic mass is 10.2. The van der Waals surface area contributed by atoms with E-state index in [1.54, 1.807) is 13.1 Å². The zero-order valence-electron chi connectivity index (χ0n) is 14.1. The smallest absolute Gasteiger partial charge is 0.237 e. The van der Waals surface area contributed by atoms with Crippen molar-refractivity contribution >= 4 is 23.4 Å². The van der Waals surface area contributed by atoms with Gasteiger partial charge in [0.05, 0.1) is 22.8 Å². The van der Waals surface area contributed by atoms with Crippen LogP contribution in [-0.2, 0) is 4.79 Å². The molecule has 0 spiro atoms. The molecule has 0 fully saturated rings. The summed E-state index contributed by atoms with van der Waals surface area (Å²) in [5.41, 5.74) is 1.07. The summed E-state index contributed by atoms with van der Waals surface area (Å²) in [6, 6.07) is 11.1. The number of nitrogens with one attached hydrogen (secondary N) is 1. The molecular weight excluding hydrogens is 377 g/mol. The van der Waals surface area contributed by atoms with Gasteiger partial charge in [-0.2, -0.15) is 0 Å². The van der Waals surface area contributed by atoms with E-state index < -0.39 is 34.3 Å². The number of nitrogen functional groups attached to an aromatic ring is 1. The molecule has 1 aromatic heterocycles. The van der Waals surface area contributed by atoms with Gasteiger partial charge in [0.1, 0.15) is 0 Å². The maximum atomic E-state index is 13.7. The molecule has 1 heterocycles. The first-order valence-corrected chi connectivity index (χ1v) is 8.75. The van der Waals surface area contributed by atoms with Crippen molar-refractivity contribution in [1.82, 2.24) is 9.66 Å². The van der Waals surface area contributed by atoms with Gasteiger partial charge in [-0.3, -0.25) is 4.79 Å². The van der Waals surface area contributed by atoms with Crippen LogP contribution in [0.25, 0.3) is 11.3 Å². The SMILES string of the molecule is CC(Sc1nc(-c2ccccc2)cn1N)C(=O)Nc1ccc(F)c(F)c1F. The molecule has 3 N–H and O–H groups in total. The second-order valence-electron chi connectivity index (χ2n) is 5.65. The number of benzene rings is 2. The standard InChI is InChI=1S/C18H15F3N4OS/c1-10(17(26)23-13-8-7-12(19)15(20)16(13)21)27-18-24-14(9-25(18)22)11-5-3-2-4-6-11/h2-10H,22H2,1H3,(H,23,26). The fourth-order valence-electron chi connectivity index (χ4n) is 2.28. The van der Waals surface area contributed by atoms with Crippen LogP contribution in [0.2, 0.25) is 0 Å². The summed E-state index contributed by atoms with van der Waals surface area (Å²) in [6.45, 7) is 1.56. The molecule has 3 aromatic rings. The van der Waals surface area contributed by atoms with Gasteiger partial charge in [-0.25, -0.2) is 22.8 Å². The number of amides is 1. The highest BCUT2D eigenvalue weighted by molar-refractivity contribution is 8.00. The van der Waals surface area contributed by atoms with Crippen LogP contribution < -0.4 is 11.2 Å². The Bertz CT molecular complexity index is 978. The fourth-order valence-corrected chi connectivity index (χ4v) is 3.09. The lowest BCUT2D eigenvalue weighted by molar-refractivity contribution is -0.115. The molecule has 3 rings (SSSR count). The summed E-state index contributed by atoms with van der Waals surface area (Å²) in [4.78, 5) is 16.7. The Hall–Kier alpha value is -2.94. The number of halogens is 3. The van der Waals surface area contributed by atoms with Gasteiger partial charge in [-0.15, -0.1) is 0 Å². The maximum Gasteiger partial charge on any atom is 0.237 e. The van der Waals surface area contributed by atoms with Crippen LogP contribution in [0.5, 0.6) is 0 Å². The van der Waals surface area contributed by atoms with E-state index in [-0.39, 0.29) is 0 Å². The van der Waals surface area contributed by atoms with Gasteiger partial charge in [0.15, 0.2) is 22.6 Å². The largest absolute Gasteiger partial charge is 0.337 e. The number of carbonyl (C=O) groups excluding carboxylic acids is 1. The summed E-state index contributed by atoms with van der Waals surface area (Å²) in [5, 5.41) is 1.90. The molecule has 2 aromatic carbocycles. The zero-order valence-corrected chi connectivity index (χ0v) is 14.9. The first kappa shape index (κ1) is 18.8. The van der Waals surface area contributed by atoms with Gasteiger partial charge in [0.2, 0.25) is 5.91 Å². The Morgan fingerprint density at radius 3 is 2.56 bits per heavy atom. The van der Waals surface area contributed by atoms with E-state index in [4.69, 9.17) is 5.84 Å². The third-order valence-corrected chi connectivity index (χ3v) is 4.79. The number of nitrogens with zero attached hydrogens (tertiary/aromatic N) is 2. The van der Waals surface area contributed by atoms with Crippen molar-refractivity contribution in [3.05, 3.63) is 66.1 Å². The lowest BCUT2D eigenvalue weighted by Gasteiger charge is -2.12. The highest BCUT2D eigenvalue weighted by Gasteiger charge is 2.21. The number of imidazole rings is 1. The van der Waals surface area contributed by atoms with E-state index in [1.165, 1.54) is 4.68 Å². The molecule has 0 aliphatic rings. The summed E-state index contributed by atoms with van der Waals surface area (Å²) in [6.07, 6.45) is 1.62. The minimum Gasteiger partial charge on any atom is -0.337 e. The minimum atomic E-state index is -1.64. The monoisotopic (exact) mass is 392 g/mol. The number of rotatable bonds is 5. The number of carbonyl (C=O) groups is 1. The Labute approximate surface area is 157 Å². The number of hydrogen-bond donors (Lipinski definition) is 2. The molecule has 5 nitrogen and oxygen atoms in total. The summed E-state index contributed by atoms with van der Waals surface area (Å²) >= 11 is 1.05. The Morgan fingerprint density at radius 2 is 1.85 bits per heavy atom. The van der Waals surface area contributed by atoms with Crippen LogP contribution >= 0.6 is 11.8 Å². The van der Waals surface area contributed by atoms with E-state index in [2.05, 4.69) is 10.3 Å². The van der Waals surface area contributed by atoms with Gasteiger partial charge < -0.3 is 11.2 Å². The first-order chi connectivity index (χ1) is 12.9. The van der Waals surface area contributed by atoms with Crippen molar-refractivity contribution in [3.63, 3.8) is 0 Å². The Balaban J connectivity index is 1.72. The topological polar surface area (TPSA) is 72.9 Å². The van der Waals surface area contributed by atoms with Gasteiger partial charge >= 0.3 is 0 Å². The van der Waals surface area contributed by atoms with Crippen molar-refractivity contribution < 1.29 is 18.0 Å². The Morgan fingerprint density at radius 1 is 1.15 bits per heavy atom. The lowest BCUT2D eigenvalue weighted by Crippen LogP contribution is -2.24. The molecule has 140 valence electrons. The van der Waals surface area contributed by atoms with Crippen LogP contribution in [-0.4, -0.2) is 20.8 Å². The summed E-state index contributed by atoms with van der Waals surface area (Å²) in [7, 11) is 0. The summed E-state index contributed by atoms with van der Waals surface area (Å²) < 4.78 is 41.2. The third kappa shape index (κ3) is 4.08. The average molecular weight is 392 g/mol. The van der Waals surface area contributed by atoms with E-state index in [1.807, 2.05) is 30.3 Å². The molecule has 0 aliphatic carbocycles. The molecule has 0 radical (unpaired) electrons. The van der Waals surface area contributed by atoms with Crippen LogP contribution in [0.4, 0.5) is 18.9 Å². The number of hydrogen-bond acceptors (Lipinski definition) is 4. The van der Waals surface area contributed by atoms with Gasteiger partial charge in [-0.1, -0.05) is 42.1 Å². The molecule has 0 saturated heterocycles. The van der Waals surface area contributed by atoms with E-state index in [0.717, 1.165) is 29.5 Å². The predicted octanol–water partition coefficient (Wildman–Crippen LogP) is 3.80. The number of anilines is 1. The average Bonchev–Trinajstić information content (AvgIpc) is 3.03. The predicted molar refractivity (Wildman–Crippen MR) is 98.1 cm³/mol. The van der Waals surface area contributed by atoms with Crippen LogP contribution in [0.15, 0.2) is 53.8 Å². The van der Waals surface area contributed by atoms with Crippen molar-refractivity contribution in [2.75, 3.05) is 11.2 Å². The summed E-state index contributed by atoms with van der Waals surface area (Å²) in [5.74, 6) is 0.869. The van der Waals surface area contributed by atoms with Crippen molar-refractivity contribution in [2.45, 2.75) is 17.3 Å². The molecule has 0 bridgehead atoms. The molecule has 1 atom stereocenters. The highest BCUT2D eigenvalue weighted by atomic mass is 32.2. The minimum absolute atomic E-state index is 0.377. The maximum absolute atomic E-state index is 13.7. The Kier molecular flexibility index (Phi) is 5.41. The number of nitrogens with two attached hydrogens (primary N) is 1. The highest BCUT2D eigenvalue weighted by Crippen LogP contribution is 2.27. The molecule has 27 heavy (non-hydrogen) atoms. The van der Waals surface area contributed by atoms with Crippen molar-refractivity contribution in [3.8, 4) is 11.3 Å². The quantitative estimate of drug-likeness (QED) is 0.394.